The number of nitrogens with two attached hydrogens (primary N) is 1. The number of halogens is 1. The zero-order chi connectivity index (χ0) is 14.3. The third-order valence-corrected chi connectivity index (χ3v) is 3.73. The highest BCUT2D eigenvalue weighted by Gasteiger charge is 2.39. The fourth-order valence-electron chi connectivity index (χ4n) is 2.46. The molecule has 2 atom stereocenters. The van der Waals surface area contributed by atoms with Crippen LogP contribution in [0.5, 0.6) is 0 Å². The molecule has 3 N–H and O–H groups in total. The van der Waals surface area contributed by atoms with Crippen LogP contribution in [0, 0.1) is 12.3 Å². The summed E-state index contributed by atoms with van der Waals surface area (Å²) < 4.78 is 7.63. The van der Waals surface area contributed by atoms with E-state index in [1.54, 1.807) is 12.3 Å². The summed E-state index contributed by atoms with van der Waals surface area (Å²) in [5.74, 6) is 2.84. The molecule has 104 valence electrons. The third-order valence-electron chi connectivity index (χ3n) is 3.56. The van der Waals surface area contributed by atoms with Gasteiger partial charge in [0.1, 0.15) is 17.7 Å². The first-order valence-corrected chi connectivity index (χ1v) is 6.52. The van der Waals surface area contributed by atoms with Crippen LogP contribution in [-0.2, 0) is 4.74 Å². The molecule has 6 nitrogen and oxygen atoms in total. The quantitative estimate of drug-likeness (QED) is 0.644. The highest BCUT2D eigenvalue weighted by molar-refractivity contribution is 6.28. The third kappa shape index (κ3) is 1.91. The fourth-order valence-corrected chi connectivity index (χ4v) is 2.63. The molecule has 0 aromatic carbocycles. The van der Waals surface area contributed by atoms with Crippen LogP contribution < -0.4 is 5.73 Å². The Hall–Kier alpha value is -1.81. The minimum Gasteiger partial charge on any atom is -0.392 e. The van der Waals surface area contributed by atoms with Gasteiger partial charge in [-0.2, -0.15) is 4.98 Å². The van der Waals surface area contributed by atoms with E-state index in [1.165, 1.54) is 0 Å². The first-order chi connectivity index (χ1) is 9.58. The van der Waals surface area contributed by atoms with Crippen LogP contribution >= 0.6 is 11.6 Å². The summed E-state index contributed by atoms with van der Waals surface area (Å²) in [6, 6.07) is 1.80. The monoisotopic (exact) mass is 292 g/mol. The van der Waals surface area contributed by atoms with Crippen molar-refractivity contribution in [1.29, 1.82) is 0 Å². The molecule has 0 bridgehead atoms. The normalized spacial score (nSPS) is 25.9. The summed E-state index contributed by atoms with van der Waals surface area (Å²) in [6.45, 7) is -0.211. The van der Waals surface area contributed by atoms with Gasteiger partial charge in [0.15, 0.2) is 5.60 Å². The molecule has 1 aliphatic rings. The predicted molar refractivity (Wildman–Crippen MR) is 75.0 cm³/mol. The van der Waals surface area contributed by atoms with Gasteiger partial charge in [0, 0.05) is 6.20 Å². The molecule has 0 aliphatic carbocycles. The van der Waals surface area contributed by atoms with Gasteiger partial charge in [-0.1, -0.05) is 5.92 Å². The number of anilines is 1. The van der Waals surface area contributed by atoms with E-state index >= 15 is 0 Å². The Morgan fingerprint density at radius 3 is 3.10 bits per heavy atom. The summed E-state index contributed by atoms with van der Waals surface area (Å²) in [5, 5.41) is 10.2. The molecule has 0 radical (unpaired) electrons. The lowest BCUT2D eigenvalue weighted by atomic mass is 10.0. The Kier molecular flexibility index (Phi) is 3.05. The Balaban J connectivity index is 2.03. The van der Waals surface area contributed by atoms with E-state index in [0.717, 1.165) is 0 Å². The van der Waals surface area contributed by atoms with Gasteiger partial charge in [-0.25, -0.2) is 4.98 Å². The highest BCUT2D eigenvalue weighted by atomic mass is 35.5. The summed E-state index contributed by atoms with van der Waals surface area (Å²) in [7, 11) is 0. The van der Waals surface area contributed by atoms with E-state index in [1.807, 2.05) is 4.57 Å². The number of nitrogen functional groups attached to an aromatic ring is 1. The van der Waals surface area contributed by atoms with E-state index in [4.69, 9.17) is 28.5 Å². The summed E-state index contributed by atoms with van der Waals surface area (Å²) in [5.41, 5.74) is 5.48. The standard InChI is InChI=1S/C13H13ClN4O2/c1-2-13(7-19)5-3-9(20-13)18-6-4-8-10(15)16-12(14)17-11(8)18/h1,4,6,9,19H,3,5,7H2,(H2,15,16,17)/t9-,13?/m1/s1. The number of terminal acetylenes is 1. The van der Waals surface area contributed by atoms with Crippen LogP contribution in [0.2, 0.25) is 5.28 Å². The molecule has 7 heteroatoms. The Labute approximate surface area is 120 Å². The molecule has 3 rings (SSSR count). The highest BCUT2D eigenvalue weighted by Crippen LogP contribution is 2.37. The number of nitrogens with zero attached hydrogens (tertiary/aromatic N) is 3. The molecule has 0 spiro atoms. The van der Waals surface area contributed by atoms with E-state index < -0.39 is 5.60 Å². The maximum absolute atomic E-state index is 9.39. The van der Waals surface area contributed by atoms with Crippen LogP contribution in [0.3, 0.4) is 0 Å². The van der Waals surface area contributed by atoms with Crippen molar-refractivity contribution in [3.63, 3.8) is 0 Å². The fraction of sp³-hybridized carbons (Fsp3) is 0.385. The molecule has 3 heterocycles. The average Bonchev–Trinajstić information content (AvgIpc) is 3.02. The summed E-state index contributed by atoms with van der Waals surface area (Å²) >= 11 is 5.84. The molecular weight excluding hydrogens is 280 g/mol. The molecule has 1 unspecified atom stereocenters. The van der Waals surface area contributed by atoms with Gasteiger partial charge in [-0.05, 0) is 30.5 Å². The van der Waals surface area contributed by atoms with Crippen LogP contribution in [0.15, 0.2) is 12.3 Å². The number of hydrogen-bond acceptors (Lipinski definition) is 5. The van der Waals surface area contributed by atoms with Crippen LogP contribution in [0.1, 0.15) is 19.1 Å². The Morgan fingerprint density at radius 1 is 1.65 bits per heavy atom. The number of fused-ring (bicyclic) bond motifs is 1. The smallest absolute Gasteiger partial charge is 0.226 e. The number of rotatable bonds is 2. The van der Waals surface area contributed by atoms with Crippen LogP contribution in [0.4, 0.5) is 5.82 Å². The van der Waals surface area contributed by atoms with Crippen molar-refractivity contribution in [3.05, 3.63) is 17.5 Å². The SMILES string of the molecule is C#CC1(CO)CC[C@H](n2ccc3c(N)nc(Cl)nc32)O1. The van der Waals surface area contributed by atoms with E-state index in [2.05, 4.69) is 15.9 Å². The van der Waals surface area contributed by atoms with Gasteiger partial charge in [0.2, 0.25) is 5.28 Å². The largest absolute Gasteiger partial charge is 0.392 e. The van der Waals surface area contributed by atoms with Gasteiger partial charge in [0.05, 0.1) is 12.0 Å². The molecule has 0 saturated carbocycles. The molecule has 1 saturated heterocycles. The maximum atomic E-state index is 9.39. The molecule has 20 heavy (non-hydrogen) atoms. The van der Waals surface area contributed by atoms with Crippen molar-refractivity contribution in [3.8, 4) is 12.3 Å². The Morgan fingerprint density at radius 2 is 2.45 bits per heavy atom. The minimum atomic E-state index is -0.927. The lowest BCUT2D eigenvalue weighted by Gasteiger charge is -2.21. The van der Waals surface area contributed by atoms with Crippen molar-refractivity contribution in [2.24, 2.45) is 0 Å². The maximum Gasteiger partial charge on any atom is 0.226 e. The number of aliphatic hydroxyl groups excluding tert-OH is 1. The summed E-state index contributed by atoms with van der Waals surface area (Å²) in [6.07, 6.45) is 8.21. The van der Waals surface area contributed by atoms with Gasteiger partial charge in [0.25, 0.3) is 0 Å². The van der Waals surface area contributed by atoms with Gasteiger partial charge >= 0.3 is 0 Å². The second kappa shape index (κ2) is 4.63. The van der Waals surface area contributed by atoms with E-state index in [0.29, 0.717) is 29.7 Å². The van der Waals surface area contributed by atoms with Crippen molar-refractivity contribution in [2.75, 3.05) is 12.3 Å². The van der Waals surface area contributed by atoms with Gasteiger partial charge in [-0.15, -0.1) is 6.42 Å². The van der Waals surface area contributed by atoms with Crippen molar-refractivity contribution >= 4 is 28.5 Å². The molecule has 2 aromatic rings. The van der Waals surface area contributed by atoms with Gasteiger partial charge < -0.3 is 20.1 Å². The molecule has 1 aliphatic heterocycles. The first kappa shape index (κ1) is 13.2. The van der Waals surface area contributed by atoms with Crippen molar-refractivity contribution in [2.45, 2.75) is 24.7 Å². The average molecular weight is 293 g/mol. The summed E-state index contributed by atoms with van der Waals surface area (Å²) in [4.78, 5) is 8.09. The Bertz CT molecular complexity index is 708. The molecule has 2 aromatic heterocycles. The second-order valence-corrected chi connectivity index (χ2v) is 5.08. The molecular formula is C13H13ClN4O2. The zero-order valence-electron chi connectivity index (χ0n) is 10.6. The van der Waals surface area contributed by atoms with Gasteiger partial charge in [-0.3, -0.25) is 0 Å². The number of ether oxygens (including phenoxy) is 1. The van der Waals surface area contributed by atoms with Crippen LogP contribution in [0.25, 0.3) is 11.0 Å². The number of hydrogen-bond donors (Lipinski definition) is 2. The van der Waals surface area contributed by atoms with Crippen molar-refractivity contribution < 1.29 is 9.84 Å². The lowest BCUT2D eigenvalue weighted by Crippen LogP contribution is -2.31. The lowest BCUT2D eigenvalue weighted by molar-refractivity contribution is -0.0615. The van der Waals surface area contributed by atoms with Crippen LogP contribution in [-0.4, -0.2) is 31.8 Å². The second-order valence-electron chi connectivity index (χ2n) is 4.75. The number of aromatic nitrogens is 3. The molecule has 0 amide bonds. The topological polar surface area (TPSA) is 86.2 Å². The van der Waals surface area contributed by atoms with Crippen molar-refractivity contribution in [1.82, 2.24) is 14.5 Å². The van der Waals surface area contributed by atoms with E-state index in [-0.39, 0.29) is 18.1 Å². The number of aliphatic hydroxyl groups is 1. The first-order valence-electron chi connectivity index (χ1n) is 6.14. The molecule has 1 fully saturated rings. The minimum absolute atomic E-state index is 0.0818. The predicted octanol–water partition coefficient (Wildman–Crippen LogP) is 1.34. The zero-order valence-corrected chi connectivity index (χ0v) is 11.3. The van der Waals surface area contributed by atoms with E-state index in [9.17, 15) is 5.11 Å².